The molecule has 1 aromatic carbocycles. The first-order valence-electron chi connectivity index (χ1n) is 3.97. The number of carbonyl (C=O) groups is 2. The normalized spacial score (nSPS) is 8.36. The maximum Gasteiger partial charge on any atom is 0.307 e. The highest BCUT2D eigenvalue weighted by Crippen LogP contribution is 1.98. The molecule has 0 spiro atoms. The molecule has 4 heteroatoms. The molecule has 76 valence electrons. The van der Waals surface area contributed by atoms with E-state index in [-0.39, 0.29) is 6.42 Å². The fraction of sp³-hybridized carbons (Fsp3) is 0.200. The van der Waals surface area contributed by atoms with Crippen LogP contribution in [0.3, 0.4) is 0 Å². The molecule has 1 rings (SSSR count). The van der Waals surface area contributed by atoms with Crippen LogP contribution < -0.4 is 0 Å². The molecule has 0 saturated heterocycles. The molecule has 0 aliphatic carbocycles. The van der Waals surface area contributed by atoms with Crippen LogP contribution in [0.2, 0.25) is 0 Å². The van der Waals surface area contributed by atoms with E-state index < -0.39 is 11.9 Å². The van der Waals surface area contributed by atoms with Crippen LogP contribution in [0.4, 0.5) is 0 Å². The predicted molar refractivity (Wildman–Crippen MR) is 51.1 cm³/mol. The lowest BCUT2D eigenvalue weighted by Gasteiger charge is -1.92. The van der Waals surface area contributed by atoms with E-state index in [1.165, 1.54) is 0 Å². The lowest BCUT2D eigenvalue weighted by molar-refractivity contribution is -0.136. The zero-order valence-corrected chi connectivity index (χ0v) is 7.80. The lowest BCUT2D eigenvalue weighted by atomic mass is 10.2. The number of aliphatic carboxylic acids is 2. The van der Waals surface area contributed by atoms with Crippen LogP contribution in [-0.2, 0) is 16.0 Å². The number of hydrogen-bond acceptors (Lipinski definition) is 2. The Morgan fingerprint density at radius 1 is 1.14 bits per heavy atom. The summed E-state index contributed by atoms with van der Waals surface area (Å²) in [7, 11) is 0. The summed E-state index contributed by atoms with van der Waals surface area (Å²) < 4.78 is 0. The molecule has 0 unspecified atom stereocenters. The van der Waals surface area contributed by atoms with Gasteiger partial charge in [-0.1, -0.05) is 30.3 Å². The number of carboxylic acid groups (broad SMARTS) is 2. The van der Waals surface area contributed by atoms with E-state index in [0.29, 0.717) is 0 Å². The SMILES string of the molecule is CC(=O)O.O=C(O)Cc1ccccc1. The number of carboxylic acids is 2. The van der Waals surface area contributed by atoms with E-state index in [0.717, 1.165) is 12.5 Å². The molecule has 0 atom stereocenters. The summed E-state index contributed by atoms with van der Waals surface area (Å²) in [5, 5.41) is 15.8. The smallest absolute Gasteiger partial charge is 0.307 e. The van der Waals surface area contributed by atoms with Gasteiger partial charge in [0, 0.05) is 6.92 Å². The Morgan fingerprint density at radius 3 is 1.93 bits per heavy atom. The largest absolute Gasteiger partial charge is 0.481 e. The van der Waals surface area contributed by atoms with Crippen molar-refractivity contribution in [3.63, 3.8) is 0 Å². The van der Waals surface area contributed by atoms with Gasteiger partial charge >= 0.3 is 5.97 Å². The minimum Gasteiger partial charge on any atom is -0.481 e. The second-order valence-electron chi connectivity index (χ2n) is 2.58. The van der Waals surface area contributed by atoms with Crippen molar-refractivity contribution in [1.29, 1.82) is 0 Å². The molecule has 0 aliphatic heterocycles. The Morgan fingerprint density at radius 2 is 1.57 bits per heavy atom. The maximum atomic E-state index is 10.2. The Kier molecular flexibility index (Phi) is 5.78. The van der Waals surface area contributed by atoms with Gasteiger partial charge in [0.2, 0.25) is 0 Å². The maximum absolute atomic E-state index is 10.2. The van der Waals surface area contributed by atoms with Crippen molar-refractivity contribution in [3.8, 4) is 0 Å². The molecule has 0 aliphatic rings. The Labute approximate surface area is 81.8 Å². The van der Waals surface area contributed by atoms with Crippen LogP contribution >= 0.6 is 0 Å². The van der Waals surface area contributed by atoms with Crippen molar-refractivity contribution in [1.82, 2.24) is 0 Å². The summed E-state index contributed by atoms with van der Waals surface area (Å²) in [5.74, 6) is -1.62. The van der Waals surface area contributed by atoms with Gasteiger partial charge in [-0.25, -0.2) is 0 Å². The van der Waals surface area contributed by atoms with Crippen LogP contribution in [0.5, 0.6) is 0 Å². The van der Waals surface area contributed by atoms with E-state index in [4.69, 9.17) is 15.0 Å². The van der Waals surface area contributed by atoms with Gasteiger partial charge in [0.05, 0.1) is 6.42 Å². The number of hydrogen-bond donors (Lipinski definition) is 2. The predicted octanol–water partition coefficient (Wildman–Crippen LogP) is 1.40. The highest BCUT2D eigenvalue weighted by molar-refractivity contribution is 5.70. The minimum absolute atomic E-state index is 0.112. The van der Waals surface area contributed by atoms with Gasteiger partial charge < -0.3 is 10.2 Å². The van der Waals surface area contributed by atoms with Gasteiger partial charge in [0.1, 0.15) is 0 Å². The minimum atomic E-state index is -0.833. The van der Waals surface area contributed by atoms with Crippen molar-refractivity contribution >= 4 is 11.9 Å². The van der Waals surface area contributed by atoms with Crippen molar-refractivity contribution in [2.45, 2.75) is 13.3 Å². The average molecular weight is 196 g/mol. The van der Waals surface area contributed by atoms with Gasteiger partial charge in [0.25, 0.3) is 5.97 Å². The van der Waals surface area contributed by atoms with Crippen molar-refractivity contribution in [3.05, 3.63) is 35.9 Å². The van der Waals surface area contributed by atoms with Gasteiger partial charge in [0.15, 0.2) is 0 Å². The van der Waals surface area contributed by atoms with Crippen LogP contribution in [0, 0.1) is 0 Å². The van der Waals surface area contributed by atoms with Gasteiger partial charge in [-0.15, -0.1) is 0 Å². The van der Waals surface area contributed by atoms with Crippen LogP contribution in [0.15, 0.2) is 30.3 Å². The average Bonchev–Trinajstić information content (AvgIpc) is 2.03. The van der Waals surface area contributed by atoms with Crippen LogP contribution in [0.25, 0.3) is 0 Å². The van der Waals surface area contributed by atoms with Crippen molar-refractivity contribution < 1.29 is 19.8 Å². The molecule has 0 saturated carbocycles. The third kappa shape index (κ3) is 8.26. The summed E-state index contributed by atoms with van der Waals surface area (Å²) >= 11 is 0. The number of benzene rings is 1. The zero-order valence-electron chi connectivity index (χ0n) is 7.80. The van der Waals surface area contributed by atoms with E-state index >= 15 is 0 Å². The molecule has 0 amide bonds. The van der Waals surface area contributed by atoms with Gasteiger partial charge in [-0.2, -0.15) is 0 Å². The highest BCUT2D eigenvalue weighted by Gasteiger charge is 1.96. The summed E-state index contributed by atoms with van der Waals surface area (Å²) in [6.45, 7) is 1.08. The third-order valence-corrected chi connectivity index (χ3v) is 1.20. The van der Waals surface area contributed by atoms with E-state index in [2.05, 4.69) is 0 Å². The lowest BCUT2D eigenvalue weighted by Crippen LogP contribution is -1.98. The number of rotatable bonds is 2. The standard InChI is InChI=1S/C8H8O2.C2H4O2/c9-8(10)6-7-4-2-1-3-5-7;1-2(3)4/h1-5H,6H2,(H,9,10);1H3,(H,3,4). The molecule has 0 radical (unpaired) electrons. The molecule has 0 aromatic heterocycles. The molecule has 2 N–H and O–H groups in total. The first kappa shape index (κ1) is 12.2. The van der Waals surface area contributed by atoms with E-state index in [1.807, 2.05) is 18.2 Å². The summed E-state index contributed by atoms with van der Waals surface area (Å²) in [5.41, 5.74) is 0.843. The van der Waals surface area contributed by atoms with Crippen LogP contribution in [-0.4, -0.2) is 22.2 Å². The van der Waals surface area contributed by atoms with E-state index in [9.17, 15) is 4.79 Å². The van der Waals surface area contributed by atoms with E-state index in [1.54, 1.807) is 12.1 Å². The molecular weight excluding hydrogens is 184 g/mol. The zero-order chi connectivity index (χ0) is 11.0. The second kappa shape index (κ2) is 6.65. The first-order chi connectivity index (χ1) is 6.52. The second-order valence-corrected chi connectivity index (χ2v) is 2.58. The Hall–Kier alpha value is -1.84. The summed E-state index contributed by atoms with van der Waals surface area (Å²) in [4.78, 5) is 19.2. The molecule has 4 nitrogen and oxygen atoms in total. The van der Waals surface area contributed by atoms with Gasteiger partial charge in [-0.05, 0) is 5.56 Å². The van der Waals surface area contributed by atoms with Gasteiger partial charge in [-0.3, -0.25) is 9.59 Å². The quantitative estimate of drug-likeness (QED) is 0.749. The molecule has 14 heavy (non-hydrogen) atoms. The molecule has 0 fully saturated rings. The molecular formula is C10H12O4. The molecule has 0 bridgehead atoms. The monoisotopic (exact) mass is 196 g/mol. The summed E-state index contributed by atoms with van der Waals surface area (Å²) in [6.07, 6.45) is 0.112. The van der Waals surface area contributed by atoms with Crippen molar-refractivity contribution in [2.24, 2.45) is 0 Å². The third-order valence-electron chi connectivity index (χ3n) is 1.20. The molecule has 1 aromatic rings. The highest BCUT2D eigenvalue weighted by atomic mass is 16.4. The first-order valence-corrected chi connectivity index (χ1v) is 3.97. The fourth-order valence-electron chi connectivity index (χ4n) is 0.770. The fourth-order valence-corrected chi connectivity index (χ4v) is 0.770. The molecule has 0 heterocycles. The Bertz CT molecular complexity index is 288. The topological polar surface area (TPSA) is 74.6 Å². The van der Waals surface area contributed by atoms with Crippen molar-refractivity contribution in [2.75, 3.05) is 0 Å². The summed E-state index contributed by atoms with van der Waals surface area (Å²) in [6, 6.07) is 9.13. The Balaban J connectivity index is 0.000000364. The van der Waals surface area contributed by atoms with Crippen LogP contribution in [0.1, 0.15) is 12.5 Å².